The maximum absolute atomic E-state index is 12.1. The summed E-state index contributed by atoms with van der Waals surface area (Å²) >= 11 is 0. The van der Waals surface area contributed by atoms with Crippen LogP contribution in [-0.4, -0.2) is 50.4 Å². The summed E-state index contributed by atoms with van der Waals surface area (Å²) in [5.74, 6) is -0.0431. The summed E-state index contributed by atoms with van der Waals surface area (Å²) < 4.78 is 28.5. The molecule has 0 radical (unpaired) electrons. The summed E-state index contributed by atoms with van der Waals surface area (Å²) in [7, 11) is -1.61. The van der Waals surface area contributed by atoms with Crippen molar-refractivity contribution >= 4 is 15.7 Å². The molecule has 0 spiro atoms. The first-order valence-corrected chi connectivity index (χ1v) is 8.71. The van der Waals surface area contributed by atoms with Gasteiger partial charge in [-0.1, -0.05) is 19.1 Å². The predicted octanol–water partition coefficient (Wildman–Crippen LogP) is 1.22. The summed E-state index contributed by atoms with van der Waals surface area (Å²) in [6.45, 7) is 3.01. The highest BCUT2D eigenvalue weighted by Crippen LogP contribution is 2.16. The van der Waals surface area contributed by atoms with Crippen LogP contribution in [0.15, 0.2) is 24.3 Å². The Bertz CT molecular complexity index is 664. The summed E-state index contributed by atoms with van der Waals surface area (Å²) in [6, 6.07) is 8.16. The molecule has 7 heteroatoms. The standard InChI is InChI=1S/C15H20N2O4S/c1-4-22(19,20)11-12(2)17(3)15(18)10-21-14-8-6-5-7-13(14)9-16/h5-8,12H,4,10-11H2,1-3H3. The number of benzene rings is 1. The number of ether oxygens (including phenoxy) is 1. The number of hydrogen-bond donors (Lipinski definition) is 0. The van der Waals surface area contributed by atoms with Crippen LogP contribution in [0.25, 0.3) is 0 Å². The van der Waals surface area contributed by atoms with E-state index in [0.717, 1.165) is 0 Å². The predicted molar refractivity (Wildman–Crippen MR) is 83.2 cm³/mol. The third kappa shape index (κ3) is 5.04. The number of nitriles is 1. The second-order valence-electron chi connectivity index (χ2n) is 4.95. The zero-order valence-corrected chi connectivity index (χ0v) is 13.8. The van der Waals surface area contributed by atoms with E-state index in [0.29, 0.717) is 11.3 Å². The normalized spacial score (nSPS) is 12.3. The van der Waals surface area contributed by atoms with Gasteiger partial charge in [-0.25, -0.2) is 8.42 Å². The number of sulfone groups is 1. The van der Waals surface area contributed by atoms with Crippen LogP contribution in [0.5, 0.6) is 5.75 Å². The number of amides is 1. The van der Waals surface area contributed by atoms with E-state index in [1.54, 1.807) is 38.1 Å². The summed E-state index contributed by atoms with van der Waals surface area (Å²) in [6.07, 6.45) is 0. The Hall–Kier alpha value is -2.07. The molecule has 0 N–H and O–H groups in total. The van der Waals surface area contributed by atoms with E-state index in [1.807, 2.05) is 6.07 Å². The fraction of sp³-hybridized carbons (Fsp3) is 0.467. The molecule has 120 valence electrons. The molecule has 1 unspecified atom stereocenters. The van der Waals surface area contributed by atoms with Crippen LogP contribution in [0, 0.1) is 11.3 Å². The van der Waals surface area contributed by atoms with Crippen molar-refractivity contribution in [3.05, 3.63) is 29.8 Å². The average molecular weight is 324 g/mol. The van der Waals surface area contributed by atoms with E-state index in [9.17, 15) is 13.2 Å². The Morgan fingerprint density at radius 1 is 1.41 bits per heavy atom. The molecule has 22 heavy (non-hydrogen) atoms. The molecule has 0 aliphatic rings. The molecule has 0 saturated carbocycles. The highest BCUT2D eigenvalue weighted by molar-refractivity contribution is 7.91. The maximum atomic E-state index is 12.1. The van der Waals surface area contributed by atoms with E-state index in [4.69, 9.17) is 10.00 Å². The van der Waals surface area contributed by atoms with Crippen LogP contribution in [-0.2, 0) is 14.6 Å². The van der Waals surface area contributed by atoms with Crippen molar-refractivity contribution < 1.29 is 17.9 Å². The lowest BCUT2D eigenvalue weighted by Gasteiger charge is -2.24. The first-order valence-electron chi connectivity index (χ1n) is 6.88. The number of hydrogen-bond acceptors (Lipinski definition) is 5. The monoisotopic (exact) mass is 324 g/mol. The van der Waals surface area contributed by atoms with Crippen LogP contribution < -0.4 is 4.74 Å². The highest BCUT2D eigenvalue weighted by Gasteiger charge is 2.21. The van der Waals surface area contributed by atoms with Gasteiger partial charge in [-0.05, 0) is 19.1 Å². The topological polar surface area (TPSA) is 87.5 Å². The summed E-state index contributed by atoms with van der Waals surface area (Å²) in [5.41, 5.74) is 0.347. The maximum Gasteiger partial charge on any atom is 0.260 e. The molecular formula is C15H20N2O4S. The van der Waals surface area contributed by atoms with Gasteiger partial charge in [0, 0.05) is 18.8 Å². The van der Waals surface area contributed by atoms with Gasteiger partial charge >= 0.3 is 0 Å². The summed E-state index contributed by atoms with van der Waals surface area (Å²) in [5, 5.41) is 8.94. The van der Waals surface area contributed by atoms with E-state index in [-0.39, 0.29) is 24.0 Å². The van der Waals surface area contributed by atoms with Crippen molar-refractivity contribution in [3.63, 3.8) is 0 Å². The number of likely N-dealkylation sites (N-methyl/N-ethyl adjacent to an activating group) is 1. The van der Waals surface area contributed by atoms with Gasteiger partial charge in [0.2, 0.25) is 0 Å². The zero-order chi connectivity index (χ0) is 16.8. The number of carbonyl (C=O) groups excluding carboxylic acids is 1. The first kappa shape index (κ1) is 18.0. The third-order valence-electron chi connectivity index (χ3n) is 3.35. The van der Waals surface area contributed by atoms with Crippen molar-refractivity contribution in [2.75, 3.05) is 25.2 Å². The molecule has 0 fully saturated rings. The molecule has 0 aromatic heterocycles. The first-order chi connectivity index (χ1) is 10.3. The van der Waals surface area contributed by atoms with Crippen LogP contribution in [0.2, 0.25) is 0 Å². The van der Waals surface area contributed by atoms with E-state index in [1.165, 1.54) is 11.9 Å². The molecular weight excluding hydrogens is 304 g/mol. The van der Waals surface area contributed by atoms with Crippen LogP contribution >= 0.6 is 0 Å². The van der Waals surface area contributed by atoms with Crippen molar-refractivity contribution in [2.24, 2.45) is 0 Å². The van der Waals surface area contributed by atoms with Crippen LogP contribution in [0.4, 0.5) is 0 Å². The second kappa shape index (κ2) is 7.80. The molecule has 0 aliphatic heterocycles. The lowest BCUT2D eigenvalue weighted by molar-refractivity contribution is -0.133. The van der Waals surface area contributed by atoms with Gasteiger partial charge in [0.25, 0.3) is 5.91 Å². The van der Waals surface area contributed by atoms with Crippen molar-refractivity contribution in [1.82, 2.24) is 4.90 Å². The highest BCUT2D eigenvalue weighted by atomic mass is 32.2. The lowest BCUT2D eigenvalue weighted by atomic mass is 10.2. The van der Waals surface area contributed by atoms with E-state index < -0.39 is 15.9 Å². The third-order valence-corrected chi connectivity index (χ3v) is 5.22. The molecule has 0 bridgehead atoms. The molecule has 0 heterocycles. The number of rotatable bonds is 7. The smallest absolute Gasteiger partial charge is 0.260 e. The Kier molecular flexibility index (Phi) is 6.38. The lowest BCUT2D eigenvalue weighted by Crippen LogP contribution is -2.42. The Labute approximate surface area is 131 Å². The Morgan fingerprint density at radius 2 is 2.05 bits per heavy atom. The van der Waals surface area contributed by atoms with Gasteiger partial charge in [0.15, 0.2) is 16.4 Å². The molecule has 1 amide bonds. The Morgan fingerprint density at radius 3 is 2.64 bits per heavy atom. The minimum Gasteiger partial charge on any atom is -0.482 e. The minimum absolute atomic E-state index is 0.0470. The molecule has 6 nitrogen and oxygen atoms in total. The largest absolute Gasteiger partial charge is 0.482 e. The van der Waals surface area contributed by atoms with Crippen molar-refractivity contribution in [3.8, 4) is 11.8 Å². The SMILES string of the molecule is CCS(=O)(=O)CC(C)N(C)C(=O)COc1ccccc1C#N. The second-order valence-corrected chi connectivity index (χ2v) is 7.35. The van der Waals surface area contributed by atoms with E-state index >= 15 is 0 Å². The quantitative estimate of drug-likeness (QED) is 0.752. The molecule has 1 aromatic carbocycles. The fourth-order valence-electron chi connectivity index (χ4n) is 1.77. The van der Waals surface area contributed by atoms with Gasteiger partial charge in [-0.2, -0.15) is 5.26 Å². The van der Waals surface area contributed by atoms with Crippen molar-refractivity contribution in [1.29, 1.82) is 5.26 Å². The fourth-order valence-corrected chi connectivity index (χ4v) is 2.96. The zero-order valence-electron chi connectivity index (χ0n) is 12.9. The average Bonchev–Trinajstić information content (AvgIpc) is 2.51. The van der Waals surface area contributed by atoms with Gasteiger partial charge in [-0.15, -0.1) is 0 Å². The van der Waals surface area contributed by atoms with Crippen LogP contribution in [0.1, 0.15) is 19.4 Å². The van der Waals surface area contributed by atoms with Gasteiger partial charge in [0.05, 0.1) is 11.3 Å². The van der Waals surface area contributed by atoms with Crippen molar-refractivity contribution in [2.45, 2.75) is 19.9 Å². The summed E-state index contributed by atoms with van der Waals surface area (Å²) in [4.78, 5) is 13.4. The molecule has 1 aromatic rings. The number of carbonyl (C=O) groups is 1. The molecule has 1 atom stereocenters. The van der Waals surface area contributed by atoms with Gasteiger partial charge in [0.1, 0.15) is 11.8 Å². The Balaban J connectivity index is 2.63. The van der Waals surface area contributed by atoms with Gasteiger partial charge < -0.3 is 9.64 Å². The van der Waals surface area contributed by atoms with E-state index in [2.05, 4.69) is 0 Å². The minimum atomic E-state index is -3.15. The molecule has 1 rings (SSSR count). The molecule has 0 aliphatic carbocycles. The number of para-hydroxylation sites is 1. The number of nitrogens with zero attached hydrogens (tertiary/aromatic N) is 2. The molecule has 0 saturated heterocycles. The van der Waals surface area contributed by atoms with Crippen LogP contribution in [0.3, 0.4) is 0 Å². The van der Waals surface area contributed by atoms with Gasteiger partial charge in [-0.3, -0.25) is 4.79 Å².